The number of hydrogen-bond donors (Lipinski definition) is 1. The van der Waals surface area contributed by atoms with Crippen LogP contribution in [0, 0.1) is 0 Å². The fraction of sp³-hybridized carbons (Fsp3) is 0.368. The lowest BCUT2D eigenvalue weighted by Gasteiger charge is -2.35. The van der Waals surface area contributed by atoms with Gasteiger partial charge < -0.3 is 5.32 Å². The van der Waals surface area contributed by atoms with Crippen LogP contribution in [0.2, 0.25) is 0 Å². The van der Waals surface area contributed by atoms with E-state index in [-0.39, 0.29) is 23.4 Å². The molecule has 2 atom stereocenters. The van der Waals surface area contributed by atoms with Crippen LogP contribution in [0.5, 0.6) is 0 Å². The van der Waals surface area contributed by atoms with Crippen molar-refractivity contribution in [3.63, 3.8) is 0 Å². The average Bonchev–Trinajstić information content (AvgIpc) is 2.43. The maximum Gasteiger partial charge on any atom is 0.246 e. The summed E-state index contributed by atoms with van der Waals surface area (Å²) in [6.07, 6.45) is 0. The Balaban J connectivity index is 1.97. The molecule has 0 spiro atoms. The molecule has 3 heteroatoms. The first-order chi connectivity index (χ1) is 10.4. The quantitative estimate of drug-likeness (QED) is 0.902. The van der Waals surface area contributed by atoms with E-state index in [1.165, 1.54) is 16.3 Å². The number of carbonyl (C=O) groups is 1. The number of carbonyl (C=O) groups excluding carboxylic acids is 1. The second kappa shape index (κ2) is 5.24. The highest BCUT2D eigenvalue weighted by Gasteiger charge is 2.40. The van der Waals surface area contributed by atoms with Crippen LogP contribution in [0.1, 0.15) is 39.2 Å². The molecule has 0 fully saturated rings. The van der Waals surface area contributed by atoms with Gasteiger partial charge in [0.2, 0.25) is 5.91 Å². The Bertz CT molecular complexity index is 750. The van der Waals surface area contributed by atoms with Crippen molar-refractivity contribution in [3.8, 4) is 0 Å². The first-order valence-corrected chi connectivity index (χ1v) is 7.71. The SMILES string of the molecule is CC1=NC(C(=O)NC(C)(C)C)C1c1cccc2ccccc12. The van der Waals surface area contributed by atoms with Crippen molar-refractivity contribution in [3.05, 3.63) is 48.0 Å². The van der Waals surface area contributed by atoms with E-state index >= 15 is 0 Å². The van der Waals surface area contributed by atoms with Crippen molar-refractivity contribution in [2.24, 2.45) is 4.99 Å². The normalized spacial score (nSPS) is 21.2. The van der Waals surface area contributed by atoms with Crippen LogP contribution >= 0.6 is 0 Å². The van der Waals surface area contributed by atoms with E-state index in [0.29, 0.717) is 0 Å². The molecule has 2 unspecified atom stereocenters. The van der Waals surface area contributed by atoms with Crippen LogP contribution < -0.4 is 5.32 Å². The predicted octanol–water partition coefficient (Wildman–Crippen LogP) is 3.68. The second-order valence-corrected chi connectivity index (χ2v) is 7.00. The molecule has 2 aromatic carbocycles. The van der Waals surface area contributed by atoms with Crippen LogP contribution in [0.4, 0.5) is 0 Å². The third-order valence-corrected chi connectivity index (χ3v) is 4.03. The van der Waals surface area contributed by atoms with Crippen molar-refractivity contribution in [1.82, 2.24) is 5.32 Å². The zero-order valence-electron chi connectivity index (χ0n) is 13.6. The molecule has 3 nitrogen and oxygen atoms in total. The van der Waals surface area contributed by atoms with Gasteiger partial charge in [0.05, 0.1) is 5.92 Å². The van der Waals surface area contributed by atoms with Gasteiger partial charge in [0.1, 0.15) is 6.04 Å². The van der Waals surface area contributed by atoms with Crippen molar-refractivity contribution >= 4 is 22.4 Å². The maximum atomic E-state index is 12.5. The Morgan fingerprint density at radius 3 is 2.45 bits per heavy atom. The van der Waals surface area contributed by atoms with Gasteiger partial charge in [0.15, 0.2) is 0 Å². The number of fused-ring (bicyclic) bond motifs is 1. The molecule has 0 saturated heterocycles. The molecule has 1 heterocycles. The Morgan fingerprint density at radius 2 is 1.77 bits per heavy atom. The molecule has 0 bridgehead atoms. The van der Waals surface area contributed by atoms with Gasteiger partial charge in [0.25, 0.3) is 0 Å². The lowest BCUT2D eigenvalue weighted by atomic mass is 9.80. The highest BCUT2D eigenvalue weighted by molar-refractivity contribution is 6.06. The number of benzene rings is 2. The van der Waals surface area contributed by atoms with Crippen LogP contribution in [-0.4, -0.2) is 23.2 Å². The molecule has 0 radical (unpaired) electrons. The van der Waals surface area contributed by atoms with Gasteiger partial charge in [-0.1, -0.05) is 42.5 Å². The van der Waals surface area contributed by atoms with Crippen molar-refractivity contribution in [1.29, 1.82) is 0 Å². The zero-order valence-corrected chi connectivity index (χ0v) is 13.6. The molecule has 0 aliphatic carbocycles. The number of nitrogens with zero attached hydrogens (tertiary/aromatic N) is 1. The summed E-state index contributed by atoms with van der Waals surface area (Å²) in [5.74, 6) is 0.0875. The molecule has 0 saturated carbocycles. The standard InChI is InChI=1S/C19H22N2O/c1-12-16(17(20-12)18(22)21-19(2,3)4)15-11-7-9-13-8-5-6-10-14(13)15/h5-11,16-17H,1-4H3,(H,21,22). The molecule has 0 aromatic heterocycles. The minimum absolute atomic E-state index is 0.0102. The van der Waals surface area contributed by atoms with Crippen LogP contribution in [0.25, 0.3) is 10.8 Å². The summed E-state index contributed by atoms with van der Waals surface area (Å²) in [7, 11) is 0. The monoisotopic (exact) mass is 294 g/mol. The Morgan fingerprint density at radius 1 is 1.09 bits per heavy atom. The van der Waals surface area contributed by atoms with E-state index in [4.69, 9.17) is 0 Å². The van der Waals surface area contributed by atoms with E-state index < -0.39 is 0 Å². The van der Waals surface area contributed by atoms with Crippen LogP contribution in [0.15, 0.2) is 47.5 Å². The average molecular weight is 294 g/mol. The molecule has 2 aromatic rings. The smallest absolute Gasteiger partial charge is 0.246 e. The summed E-state index contributed by atoms with van der Waals surface area (Å²) in [5, 5.41) is 5.45. The second-order valence-electron chi connectivity index (χ2n) is 7.00. The summed E-state index contributed by atoms with van der Waals surface area (Å²) in [6, 6.07) is 14.3. The molecule has 1 aliphatic rings. The van der Waals surface area contributed by atoms with Gasteiger partial charge in [-0.2, -0.15) is 0 Å². The van der Waals surface area contributed by atoms with E-state index in [9.17, 15) is 4.79 Å². The summed E-state index contributed by atoms with van der Waals surface area (Å²) >= 11 is 0. The van der Waals surface area contributed by atoms with Gasteiger partial charge in [-0.05, 0) is 44.0 Å². The van der Waals surface area contributed by atoms with Crippen molar-refractivity contribution < 1.29 is 4.79 Å². The summed E-state index contributed by atoms with van der Waals surface area (Å²) in [6.45, 7) is 7.99. The summed E-state index contributed by atoms with van der Waals surface area (Å²) < 4.78 is 0. The fourth-order valence-electron chi connectivity index (χ4n) is 3.09. The van der Waals surface area contributed by atoms with Gasteiger partial charge in [-0.3, -0.25) is 9.79 Å². The topological polar surface area (TPSA) is 41.5 Å². The molecule has 1 N–H and O–H groups in total. The molecule has 1 aliphatic heterocycles. The largest absolute Gasteiger partial charge is 0.350 e. The van der Waals surface area contributed by atoms with Gasteiger partial charge in [-0.15, -0.1) is 0 Å². The number of aliphatic imine (C=N–C) groups is 1. The Labute approximate surface area is 131 Å². The van der Waals surface area contributed by atoms with Gasteiger partial charge in [0, 0.05) is 11.3 Å². The summed E-state index contributed by atoms with van der Waals surface area (Å²) in [5.41, 5.74) is 1.99. The van der Waals surface area contributed by atoms with E-state index in [0.717, 1.165) is 5.71 Å². The molecular formula is C19H22N2O. The number of amides is 1. The van der Waals surface area contributed by atoms with Gasteiger partial charge in [-0.25, -0.2) is 0 Å². The molecular weight excluding hydrogens is 272 g/mol. The van der Waals surface area contributed by atoms with Crippen molar-refractivity contribution in [2.75, 3.05) is 0 Å². The molecule has 1 amide bonds. The minimum Gasteiger partial charge on any atom is -0.350 e. The first-order valence-electron chi connectivity index (χ1n) is 7.71. The van der Waals surface area contributed by atoms with E-state index in [1.54, 1.807) is 0 Å². The highest BCUT2D eigenvalue weighted by atomic mass is 16.2. The molecule has 3 rings (SSSR count). The zero-order chi connectivity index (χ0) is 15.9. The lowest BCUT2D eigenvalue weighted by molar-refractivity contribution is -0.124. The maximum absolute atomic E-state index is 12.5. The predicted molar refractivity (Wildman–Crippen MR) is 91.5 cm³/mol. The Hall–Kier alpha value is -2.16. The third kappa shape index (κ3) is 2.63. The summed E-state index contributed by atoms with van der Waals surface area (Å²) in [4.78, 5) is 17.0. The fourth-order valence-corrected chi connectivity index (χ4v) is 3.09. The van der Waals surface area contributed by atoms with Crippen LogP contribution in [-0.2, 0) is 4.79 Å². The van der Waals surface area contributed by atoms with E-state index in [1.807, 2.05) is 39.8 Å². The number of nitrogens with one attached hydrogen (secondary N) is 1. The van der Waals surface area contributed by atoms with Crippen LogP contribution in [0.3, 0.4) is 0 Å². The molecule has 114 valence electrons. The highest BCUT2D eigenvalue weighted by Crippen LogP contribution is 2.36. The Kier molecular flexibility index (Phi) is 3.51. The number of rotatable bonds is 2. The van der Waals surface area contributed by atoms with Crippen molar-refractivity contribution in [2.45, 2.75) is 45.2 Å². The number of hydrogen-bond acceptors (Lipinski definition) is 2. The minimum atomic E-state index is -0.315. The van der Waals surface area contributed by atoms with E-state index in [2.05, 4.69) is 40.6 Å². The lowest BCUT2D eigenvalue weighted by Crippen LogP contribution is -2.51. The third-order valence-electron chi connectivity index (χ3n) is 4.03. The van der Waals surface area contributed by atoms with Gasteiger partial charge >= 0.3 is 0 Å². The molecule has 22 heavy (non-hydrogen) atoms. The first kappa shape index (κ1) is 14.8.